The molecule has 1 N–H and O–H groups in total. The van der Waals surface area contributed by atoms with Crippen molar-refractivity contribution >= 4 is 40.0 Å². The van der Waals surface area contributed by atoms with Crippen molar-refractivity contribution in [3.8, 4) is 17.0 Å². The average Bonchev–Trinajstić information content (AvgIpc) is 3.61. The molecule has 1 aliphatic heterocycles. The van der Waals surface area contributed by atoms with Crippen LogP contribution in [0.5, 0.6) is 5.75 Å². The van der Waals surface area contributed by atoms with Crippen LogP contribution in [0.2, 0.25) is 0 Å². The molecular weight excluding hydrogens is 607 g/mol. The van der Waals surface area contributed by atoms with Gasteiger partial charge in [-0.3, -0.25) is 9.36 Å². The Bertz CT molecular complexity index is 2350. The van der Waals surface area contributed by atoms with Crippen LogP contribution in [0.1, 0.15) is 40.8 Å². The number of nitrogens with zero attached hydrogens (tertiary/aromatic N) is 2. The minimum absolute atomic E-state index is 0.186. The molecule has 1 atom stereocenters. The molecule has 0 spiro atoms. The van der Waals surface area contributed by atoms with Crippen LogP contribution < -0.4 is 19.6 Å². The number of methoxy groups -OCH3 is 1. The summed E-state index contributed by atoms with van der Waals surface area (Å²) in [4.78, 5) is 37.6. The SMILES string of the molecule is CCOC(=O)C1=C(c2ccccc2)N=c2s/c(=C/c3c(-c4ccccc4)[nH]c4c(C)cc(C)cc34)c(=O)n2[C@H]1c1ccc(OC)cc1. The molecule has 7 nitrogen and oxygen atoms in total. The van der Waals surface area contributed by atoms with Crippen molar-refractivity contribution in [3.63, 3.8) is 0 Å². The molecule has 0 amide bonds. The Morgan fingerprint density at radius 3 is 2.30 bits per heavy atom. The molecule has 234 valence electrons. The van der Waals surface area contributed by atoms with E-state index in [0.717, 1.165) is 50.0 Å². The third-order valence-corrected chi connectivity index (χ3v) is 9.42. The first-order valence-corrected chi connectivity index (χ1v) is 16.3. The van der Waals surface area contributed by atoms with Crippen LogP contribution in [0.15, 0.2) is 112 Å². The van der Waals surface area contributed by atoms with E-state index in [2.05, 4.69) is 43.1 Å². The van der Waals surface area contributed by atoms with Crippen LogP contribution in [-0.2, 0) is 9.53 Å². The Morgan fingerprint density at radius 1 is 0.957 bits per heavy atom. The summed E-state index contributed by atoms with van der Waals surface area (Å²) in [5.74, 6) is 0.156. The number of aryl methyl sites for hydroxylation is 2. The van der Waals surface area contributed by atoms with E-state index in [0.29, 0.717) is 26.4 Å². The van der Waals surface area contributed by atoms with Crippen LogP contribution in [0.3, 0.4) is 0 Å². The van der Waals surface area contributed by atoms with E-state index in [1.165, 1.54) is 11.3 Å². The molecule has 4 aromatic carbocycles. The van der Waals surface area contributed by atoms with E-state index < -0.39 is 12.0 Å². The van der Waals surface area contributed by atoms with Gasteiger partial charge in [0.2, 0.25) is 0 Å². The number of H-pyrrole nitrogens is 1. The number of carbonyl (C=O) groups excluding carboxylic acids is 1. The summed E-state index contributed by atoms with van der Waals surface area (Å²) >= 11 is 1.32. The van der Waals surface area contributed by atoms with E-state index >= 15 is 0 Å². The van der Waals surface area contributed by atoms with Crippen LogP contribution in [0.25, 0.3) is 33.9 Å². The first-order valence-electron chi connectivity index (χ1n) is 15.5. The van der Waals surface area contributed by atoms with Crippen LogP contribution in [-0.4, -0.2) is 29.2 Å². The molecule has 0 bridgehead atoms. The highest BCUT2D eigenvalue weighted by Crippen LogP contribution is 2.36. The highest BCUT2D eigenvalue weighted by Gasteiger charge is 2.35. The number of ether oxygens (including phenoxy) is 2. The zero-order chi connectivity index (χ0) is 32.7. The lowest BCUT2D eigenvalue weighted by atomic mass is 9.93. The normalized spacial score (nSPS) is 14.6. The quantitative estimate of drug-likeness (QED) is 0.197. The number of rotatable bonds is 7. The molecule has 0 fully saturated rings. The van der Waals surface area contributed by atoms with Gasteiger partial charge in [-0.2, -0.15) is 0 Å². The second-order valence-corrected chi connectivity index (χ2v) is 12.5. The predicted molar refractivity (Wildman–Crippen MR) is 187 cm³/mol. The average molecular weight is 640 g/mol. The van der Waals surface area contributed by atoms with Gasteiger partial charge in [-0.15, -0.1) is 0 Å². The first kappa shape index (κ1) is 30.2. The number of thiazole rings is 1. The maximum atomic E-state index is 14.6. The summed E-state index contributed by atoms with van der Waals surface area (Å²) < 4.78 is 13.2. The van der Waals surface area contributed by atoms with Gasteiger partial charge in [0.1, 0.15) is 5.75 Å². The Balaban J connectivity index is 1.54. The summed E-state index contributed by atoms with van der Waals surface area (Å²) in [5.41, 5.74) is 8.25. The van der Waals surface area contributed by atoms with Gasteiger partial charge in [0.15, 0.2) is 4.80 Å². The van der Waals surface area contributed by atoms with E-state index in [1.54, 1.807) is 18.6 Å². The Hall–Kier alpha value is -5.47. The highest BCUT2D eigenvalue weighted by molar-refractivity contribution is 7.07. The van der Waals surface area contributed by atoms with Gasteiger partial charge in [0, 0.05) is 22.0 Å². The van der Waals surface area contributed by atoms with Gasteiger partial charge in [0.25, 0.3) is 5.56 Å². The number of aromatic nitrogens is 2. The Labute approximate surface area is 275 Å². The Kier molecular flexibility index (Phi) is 7.95. The number of fused-ring (bicyclic) bond motifs is 2. The standard InChI is InChI=1S/C39H33N3O4S/c1-5-46-38(44)32-35(26-14-10-7-11-15-26)41-39-42(36(32)27-16-18-28(45-4)19-17-27)37(43)31(47-39)22-30-29-21-23(2)20-24(3)33(29)40-34(30)25-12-8-6-9-13-25/h6-22,36,40H,5H2,1-4H3/b31-22+/t36-/m0/s1. The third-order valence-electron chi connectivity index (χ3n) is 8.43. The summed E-state index contributed by atoms with van der Waals surface area (Å²) in [6, 6.07) is 30.7. The fourth-order valence-electron chi connectivity index (χ4n) is 6.33. The lowest BCUT2D eigenvalue weighted by molar-refractivity contribution is -0.138. The molecule has 0 saturated carbocycles. The van der Waals surface area contributed by atoms with Crippen molar-refractivity contribution in [2.24, 2.45) is 4.99 Å². The third kappa shape index (κ3) is 5.40. The molecule has 6 aromatic rings. The van der Waals surface area contributed by atoms with Crippen LogP contribution in [0, 0.1) is 13.8 Å². The molecule has 3 heterocycles. The van der Waals surface area contributed by atoms with E-state index in [4.69, 9.17) is 14.5 Å². The van der Waals surface area contributed by atoms with E-state index in [-0.39, 0.29) is 12.2 Å². The minimum atomic E-state index is -0.769. The van der Waals surface area contributed by atoms with Gasteiger partial charge in [0.05, 0.1) is 41.3 Å². The van der Waals surface area contributed by atoms with E-state index in [1.807, 2.05) is 78.9 Å². The van der Waals surface area contributed by atoms with Crippen molar-refractivity contribution in [2.45, 2.75) is 26.8 Å². The summed E-state index contributed by atoms with van der Waals surface area (Å²) in [5, 5.41) is 1.04. The lowest BCUT2D eigenvalue weighted by Gasteiger charge is -2.26. The molecular formula is C39H33N3O4S. The van der Waals surface area contributed by atoms with Crippen molar-refractivity contribution in [1.29, 1.82) is 0 Å². The second kappa shape index (κ2) is 12.4. The fourth-order valence-corrected chi connectivity index (χ4v) is 7.31. The molecule has 7 rings (SSSR count). The molecule has 2 aromatic heterocycles. The zero-order valence-electron chi connectivity index (χ0n) is 26.5. The molecule has 0 aliphatic carbocycles. The number of nitrogens with one attached hydrogen (secondary N) is 1. The number of hydrogen-bond donors (Lipinski definition) is 1. The molecule has 47 heavy (non-hydrogen) atoms. The van der Waals surface area contributed by atoms with Gasteiger partial charge in [-0.05, 0) is 61.7 Å². The summed E-state index contributed by atoms with van der Waals surface area (Å²) in [6.07, 6.45) is 1.96. The number of carbonyl (C=O) groups is 1. The summed E-state index contributed by atoms with van der Waals surface area (Å²) in [6.45, 7) is 6.13. The van der Waals surface area contributed by atoms with Crippen LogP contribution in [0.4, 0.5) is 0 Å². The van der Waals surface area contributed by atoms with Crippen LogP contribution >= 0.6 is 11.3 Å². The first-order chi connectivity index (χ1) is 22.9. The molecule has 0 radical (unpaired) electrons. The van der Waals surface area contributed by atoms with Gasteiger partial charge < -0.3 is 14.5 Å². The van der Waals surface area contributed by atoms with Crippen molar-refractivity contribution in [1.82, 2.24) is 9.55 Å². The predicted octanol–water partition coefficient (Wildman–Crippen LogP) is 6.71. The van der Waals surface area contributed by atoms with Crippen molar-refractivity contribution < 1.29 is 14.3 Å². The van der Waals surface area contributed by atoms with Gasteiger partial charge in [-0.1, -0.05) is 95.8 Å². The van der Waals surface area contributed by atoms with Gasteiger partial charge in [-0.25, -0.2) is 9.79 Å². The number of hydrogen-bond acceptors (Lipinski definition) is 6. The fraction of sp³-hybridized carbons (Fsp3) is 0.154. The molecule has 0 saturated heterocycles. The number of benzene rings is 4. The molecule has 1 aliphatic rings. The Morgan fingerprint density at radius 2 is 1.64 bits per heavy atom. The topological polar surface area (TPSA) is 85.7 Å². The summed E-state index contributed by atoms with van der Waals surface area (Å²) in [7, 11) is 1.60. The smallest absolute Gasteiger partial charge is 0.338 e. The largest absolute Gasteiger partial charge is 0.497 e. The maximum Gasteiger partial charge on any atom is 0.338 e. The second-order valence-electron chi connectivity index (χ2n) is 11.5. The minimum Gasteiger partial charge on any atom is -0.497 e. The maximum absolute atomic E-state index is 14.6. The lowest BCUT2D eigenvalue weighted by Crippen LogP contribution is -2.40. The van der Waals surface area contributed by atoms with Crippen molar-refractivity contribution in [2.75, 3.05) is 13.7 Å². The molecule has 8 heteroatoms. The molecule has 0 unspecified atom stereocenters. The van der Waals surface area contributed by atoms with E-state index in [9.17, 15) is 9.59 Å². The monoisotopic (exact) mass is 639 g/mol. The number of esters is 1. The van der Waals surface area contributed by atoms with Crippen molar-refractivity contribution in [3.05, 3.63) is 150 Å². The highest BCUT2D eigenvalue weighted by atomic mass is 32.1. The number of aromatic amines is 1. The zero-order valence-corrected chi connectivity index (χ0v) is 27.4. The van der Waals surface area contributed by atoms with Gasteiger partial charge >= 0.3 is 5.97 Å².